The van der Waals surface area contributed by atoms with E-state index in [1.54, 1.807) is 0 Å². The van der Waals surface area contributed by atoms with Crippen LogP contribution in [0.5, 0.6) is 0 Å². The monoisotopic (exact) mass is 320 g/mol. The number of alkyl halides is 2. The summed E-state index contributed by atoms with van der Waals surface area (Å²) in [4.78, 5) is 0. The van der Waals surface area contributed by atoms with Crippen LogP contribution in [-0.4, -0.2) is 18.1 Å². The molecule has 1 atom stereocenters. The van der Waals surface area contributed by atoms with Crippen LogP contribution < -0.4 is 0 Å². The first-order chi connectivity index (χ1) is 10.7. The zero-order valence-corrected chi connectivity index (χ0v) is 12.9. The van der Waals surface area contributed by atoms with Crippen molar-refractivity contribution in [3.63, 3.8) is 0 Å². The van der Waals surface area contributed by atoms with E-state index in [2.05, 4.69) is 30.4 Å². The third-order valence-corrected chi connectivity index (χ3v) is 3.75. The van der Waals surface area contributed by atoms with E-state index in [9.17, 15) is 8.78 Å². The van der Waals surface area contributed by atoms with Crippen LogP contribution in [0.15, 0.2) is 66.3 Å². The van der Waals surface area contributed by atoms with Gasteiger partial charge in [-0.05, 0) is 36.2 Å². The first-order valence-electron chi connectivity index (χ1n) is 7.21. The lowest BCUT2D eigenvalue weighted by atomic mass is 9.88. The number of ether oxygens (including phenoxy) is 1. The van der Waals surface area contributed by atoms with Crippen LogP contribution in [0.3, 0.4) is 0 Å². The molecule has 1 unspecified atom stereocenters. The van der Waals surface area contributed by atoms with E-state index < -0.39 is 11.5 Å². The fourth-order valence-corrected chi connectivity index (χ4v) is 2.49. The van der Waals surface area contributed by atoms with Gasteiger partial charge in [0.25, 0.3) is 0 Å². The van der Waals surface area contributed by atoms with E-state index in [0.717, 1.165) is 12.0 Å². The number of hydrogen-bond donors (Lipinski definition) is 0. The summed E-state index contributed by atoms with van der Waals surface area (Å²) in [5, 5.41) is -0.626. The minimum absolute atomic E-state index is 0.109. The second-order valence-corrected chi connectivity index (χ2v) is 5.35. The van der Waals surface area contributed by atoms with Crippen molar-refractivity contribution in [3.05, 3.63) is 71.8 Å². The van der Waals surface area contributed by atoms with Gasteiger partial charge in [-0.15, -0.1) is 0 Å². The third kappa shape index (κ3) is 4.88. The predicted octanol–water partition coefficient (Wildman–Crippen LogP) is 5.21. The van der Waals surface area contributed by atoms with Crippen molar-refractivity contribution < 1.29 is 13.5 Å². The summed E-state index contributed by atoms with van der Waals surface area (Å²) in [6.45, 7) is 0.182. The first-order valence-corrected chi connectivity index (χ1v) is 7.62. The molecule has 2 rings (SSSR count). The molecule has 22 heavy (non-hydrogen) atoms. The van der Waals surface area contributed by atoms with Gasteiger partial charge in [0.1, 0.15) is 0 Å². The standard InChI is InChI=1S/C18H18F2OS/c19-17(20)18(22)21-13-12-16(15-10-6-3-7-11-15)14-8-4-1-2-5-9-14/h1-4,6-11,16-17H,5,12-13H2. The Labute approximate surface area is 135 Å². The average Bonchev–Trinajstić information content (AvgIpc) is 2.81. The van der Waals surface area contributed by atoms with Gasteiger partial charge in [0.05, 0.1) is 6.61 Å². The van der Waals surface area contributed by atoms with Crippen molar-refractivity contribution in [1.82, 2.24) is 0 Å². The Kier molecular flexibility index (Phi) is 6.46. The van der Waals surface area contributed by atoms with Gasteiger partial charge in [0.2, 0.25) is 5.05 Å². The van der Waals surface area contributed by atoms with E-state index in [4.69, 9.17) is 4.74 Å². The maximum absolute atomic E-state index is 12.4. The minimum Gasteiger partial charge on any atom is -0.482 e. The van der Waals surface area contributed by atoms with Crippen LogP contribution in [0.4, 0.5) is 8.78 Å². The summed E-state index contributed by atoms with van der Waals surface area (Å²) >= 11 is 4.51. The maximum Gasteiger partial charge on any atom is 0.305 e. The van der Waals surface area contributed by atoms with Gasteiger partial charge in [0.15, 0.2) is 0 Å². The zero-order valence-electron chi connectivity index (χ0n) is 12.1. The molecule has 0 N–H and O–H groups in total. The lowest BCUT2D eigenvalue weighted by Crippen LogP contribution is -2.14. The van der Waals surface area contributed by atoms with E-state index in [1.807, 2.05) is 42.5 Å². The lowest BCUT2D eigenvalue weighted by molar-refractivity contribution is 0.172. The molecule has 0 aromatic heterocycles. The second kappa shape index (κ2) is 8.59. The fraction of sp³-hybridized carbons (Fsp3) is 0.278. The Morgan fingerprint density at radius 2 is 1.95 bits per heavy atom. The number of halogens is 2. The Balaban J connectivity index is 2.09. The normalized spacial score (nSPS) is 15.3. The average molecular weight is 320 g/mol. The molecule has 0 saturated heterocycles. The van der Waals surface area contributed by atoms with E-state index >= 15 is 0 Å². The van der Waals surface area contributed by atoms with Crippen LogP contribution in [-0.2, 0) is 4.74 Å². The highest BCUT2D eigenvalue weighted by Gasteiger charge is 2.17. The Hall–Kier alpha value is -1.81. The van der Waals surface area contributed by atoms with Gasteiger partial charge in [0, 0.05) is 5.92 Å². The summed E-state index contributed by atoms with van der Waals surface area (Å²) in [6.07, 6.45) is 9.07. The molecule has 1 nitrogen and oxygen atoms in total. The molecular formula is C18H18F2OS. The molecule has 1 aliphatic rings. The van der Waals surface area contributed by atoms with Gasteiger partial charge < -0.3 is 4.74 Å². The number of thiocarbonyl (C=S) groups is 1. The minimum atomic E-state index is -2.70. The smallest absolute Gasteiger partial charge is 0.305 e. The molecule has 0 aliphatic heterocycles. The van der Waals surface area contributed by atoms with Crippen LogP contribution >= 0.6 is 12.2 Å². The predicted molar refractivity (Wildman–Crippen MR) is 89.3 cm³/mol. The quantitative estimate of drug-likeness (QED) is 0.665. The molecule has 0 amide bonds. The molecule has 1 aliphatic carbocycles. The van der Waals surface area contributed by atoms with E-state index in [-0.39, 0.29) is 12.5 Å². The molecule has 1 aromatic rings. The SMILES string of the molecule is FC(F)C(=S)OCCC(C1=CCC=CC=C1)c1ccccc1. The summed E-state index contributed by atoms with van der Waals surface area (Å²) in [5.74, 6) is 0.109. The molecule has 0 saturated carbocycles. The number of hydrogen-bond acceptors (Lipinski definition) is 2. The van der Waals surface area contributed by atoms with Crippen molar-refractivity contribution in [2.75, 3.05) is 6.61 Å². The second-order valence-electron chi connectivity index (χ2n) is 4.95. The molecule has 0 spiro atoms. The van der Waals surface area contributed by atoms with E-state index in [1.165, 1.54) is 5.57 Å². The van der Waals surface area contributed by atoms with Crippen molar-refractivity contribution in [2.24, 2.45) is 0 Å². The van der Waals surface area contributed by atoms with Crippen molar-refractivity contribution in [1.29, 1.82) is 0 Å². The number of allylic oxidation sites excluding steroid dienone is 6. The summed E-state index contributed by atoms with van der Waals surface area (Å²) in [6, 6.07) is 10.0. The molecule has 0 bridgehead atoms. The molecule has 0 fully saturated rings. The van der Waals surface area contributed by atoms with Crippen LogP contribution in [0.2, 0.25) is 0 Å². The van der Waals surface area contributed by atoms with Gasteiger partial charge in [-0.1, -0.05) is 60.7 Å². The van der Waals surface area contributed by atoms with Crippen LogP contribution in [0, 0.1) is 0 Å². The summed E-state index contributed by atoms with van der Waals surface area (Å²) in [7, 11) is 0. The number of benzene rings is 1. The van der Waals surface area contributed by atoms with Crippen molar-refractivity contribution >= 4 is 17.3 Å². The lowest BCUT2D eigenvalue weighted by Gasteiger charge is -2.19. The van der Waals surface area contributed by atoms with Gasteiger partial charge in [-0.25, -0.2) is 8.78 Å². The van der Waals surface area contributed by atoms with Gasteiger partial charge in [-0.3, -0.25) is 0 Å². The number of rotatable bonds is 6. The Morgan fingerprint density at radius 1 is 1.18 bits per heavy atom. The van der Waals surface area contributed by atoms with Gasteiger partial charge in [-0.2, -0.15) is 0 Å². The summed E-state index contributed by atoms with van der Waals surface area (Å²) < 4.78 is 29.8. The third-order valence-electron chi connectivity index (χ3n) is 3.46. The van der Waals surface area contributed by atoms with E-state index in [0.29, 0.717) is 6.42 Å². The highest BCUT2D eigenvalue weighted by molar-refractivity contribution is 7.80. The topological polar surface area (TPSA) is 9.23 Å². The van der Waals surface area contributed by atoms with Crippen LogP contribution in [0.1, 0.15) is 24.3 Å². The summed E-state index contributed by atoms with van der Waals surface area (Å²) in [5.41, 5.74) is 2.31. The van der Waals surface area contributed by atoms with Crippen molar-refractivity contribution in [2.45, 2.75) is 25.2 Å². The maximum atomic E-state index is 12.4. The highest BCUT2D eigenvalue weighted by Crippen LogP contribution is 2.30. The molecule has 1 aromatic carbocycles. The Bertz CT molecular complexity index is 576. The first kappa shape index (κ1) is 16.6. The fourth-order valence-electron chi connectivity index (χ4n) is 2.41. The molecule has 4 heteroatoms. The Morgan fingerprint density at radius 3 is 2.68 bits per heavy atom. The van der Waals surface area contributed by atoms with Crippen LogP contribution in [0.25, 0.3) is 0 Å². The molecular weight excluding hydrogens is 302 g/mol. The molecule has 0 heterocycles. The van der Waals surface area contributed by atoms with Crippen molar-refractivity contribution in [3.8, 4) is 0 Å². The molecule has 0 radical (unpaired) electrons. The zero-order chi connectivity index (χ0) is 15.8. The molecule has 116 valence electrons. The van der Waals surface area contributed by atoms with Gasteiger partial charge >= 0.3 is 6.43 Å². The largest absolute Gasteiger partial charge is 0.482 e. The highest BCUT2D eigenvalue weighted by atomic mass is 32.1.